The molecule has 1 aliphatic rings. The first kappa shape index (κ1) is 7.35. The summed E-state index contributed by atoms with van der Waals surface area (Å²) in [6.45, 7) is 4.01. The van der Waals surface area contributed by atoms with Crippen LogP contribution < -0.4 is 0 Å². The van der Waals surface area contributed by atoms with Crippen LogP contribution in [-0.4, -0.2) is 0 Å². The highest BCUT2D eigenvalue weighted by atomic mass is 32.1. The van der Waals surface area contributed by atoms with E-state index in [-0.39, 0.29) is 0 Å². The Morgan fingerprint density at radius 3 is 2.82 bits per heavy atom. The van der Waals surface area contributed by atoms with Crippen LogP contribution in [0, 0.1) is 12.8 Å². The minimum absolute atomic E-state index is 0.977. The van der Waals surface area contributed by atoms with Crippen molar-refractivity contribution in [2.24, 2.45) is 5.92 Å². The van der Waals surface area contributed by atoms with E-state index >= 15 is 0 Å². The Kier molecular flexibility index (Phi) is 1.99. The molecule has 1 fully saturated rings. The molecule has 0 aliphatic heterocycles. The topological polar surface area (TPSA) is 0 Å². The zero-order valence-corrected chi connectivity index (χ0v) is 7.49. The molecule has 0 spiro atoms. The molecule has 0 aromatic carbocycles. The van der Waals surface area contributed by atoms with Crippen molar-refractivity contribution in [1.29, 1.82) is 0 Å². The minimum atomic E-state index is 0.977. The van der Waals surface area contributed by atoms with Crippen LogP contribution in [0.15, 0.2) is 11.4 Å². The molecule has 0 N–H and O–H groups in total. The van der Waals surface area contributed by atoms with E-state index in [1.54, 1.807) is 11.3 Å². The maximum Gasteiger partial charge on any atom is 0.00809 e. The summed E-state index contributed by atoms with van der Waals surface area (Å²) in [5, 5.41) is 2.15. The molecule has 0 nitrogen and oxygen atoms in total. The van der Waals surface area contributed by atoms with Gasteiger partial charge in [-0.25, -0.2) is 0 Å². The van der Waals surface area contributed by atoms with Gasteiger partial charge in [0.1, 0.15) is 0 Å². The summed E-state index contributed by atoms with van der Waals surface area (Å²) in [7, 11) is 0. The van der Waals surface area contributed by atoms with Crippen LogP contribution in [0.5, 0.6) is 0 Å². The second kappa shape index (κ2) is 2.98. The van der Waals surface area contributed by atoms with Gasteiger partial charge in [-0.1, -0.05) is 19.3 Å². The molecule has 1 saturated carbocycles. The first-order valence-corrected chi connectivity index (χ1v) is 5.12. The molecule has 0 amide bonds. The van der Waals surface area contributed by atoms with Crippen LogP contribution >= 0.6 is 11.3 Å². The van der Waals surface area contributed by atoms with E-state index in [0.717, 1.165) is 5.92 Å². The van der Waals surface area contributed by atoms with Crippen LogP contribution in [0.4, 0.5) is 0 Å². The standard InChI is InChI=1S/C10H13S/c1-8-10(5-6-11-8)7-9-3-2-4-9/h5-6,9H,1-4,7H2. The van der Waals surface area contributed by atoms with Crippen molar-refractivity contribution in [2.75, 3.05) is 0 Å². The normalized spacial score (nSPS) is 18.3. The summed E-state index contributed by atoms with van der Waals surface area (Å²) in [5.74, 6) is 0.977. The molecule has 0 atom stereocenters. The van der Waals surface area contributed by atoms with E-state index < -0.39 is 0 Å². The number of rotatable bonds is 2. The highest BCUT2D eigenvalue weighted by Gasteiger charge is 2.18. The molecule has 1 aromatic rings. The van der Waals surface area contributed by atoms with Crippen LogP contribution in [-0.2, 0) is 6.42 Å². The third kappa shape index (κ3) is 1.48. The second-order valence-electron chi connectivity index (χ2n) is 3.37. The highest BCUT2D eigenvalue weighted by molar-refractivity contribution is 7.10. The van der Waals surface area contributed by atoms with E-state index in [4.69, 9.17) is 0 Å². The van der Waals surface area contributed by atoms with Crippen molar-refractivity contribution in [3.05, 3.63) is 28.8 Å². The smallest absolute Gasteiger partial charge is 0.00809 e. The third-order valence-electron chi connectivity index (χ3n) is 2.57. The lowest BCUT2D eigenvalue weighted by atomic mass is 9.81. The van der Waals surface area contributed by atoms with Gasteiger partial charge in [-0.3, -0.25) is 0 Å². The van der Waals surface area contributed by atoms with Crippen LogP contribution in [0.3, 0.4) is 0 Å². The number of thiophene rings is 1. The third-order valence-corrected chi connectivity index (χ3v) is 3.39. The van der Waals surface area contributed by atoms with Gasteiger partial charge in [0.05, 0.1) is 0 Å². The fraction of sp³-hybridized carbons (Fsp3) is 0.500. The molecule has 0 bridgehead atoms. The average Bonchev–Trinajstić information content (AvgIpc) is 2.27. The molecule has 0 unspecified atom stereocenters. The maximum atomic E-state index is 4.01. The molecule has 0 saturated heterocycles. The monoisotopic (exact) mass is 165 g/mol. The van der Waals surface area contributed by atoms with Crippen molar-refractivity contribution in [3.8, 4) is 0 Å². The van der Waals surface area contributed by atoms with E-state index in [9.17, 15) is 0 Å². The van der Waals surface area contributed by atoms with Gasteiger partial charge in [0.15, 0.2) is 0 Å². The summed E-state index contributed by atoms with van der Waals surface area (Å²) in [6, 6.07) is 2.23. The lowest BCUT2D eigenvalue weighted by Crippen LogP contribution is -2.13. The SMILES string of the molecule is [CH2]c1sccc1CC1CCC1. The Balaban J connectivity index is 1.99. The largest absolute Gasteiger partial charge is 0.149 e. The predicted octanol–water partition coefficient (Wildman–Crippen LogP) is 3.27. The van der Waals surface area contributed by atoms with Gasteiger partial charge in [-0.15, -0.1) is 11.3 Å². The first-order valence-electron chi connectivity index (χ1n) is 4.24. The summed E-state index contributed by atoms with van der Waals surface area (Å²) in [6.07, 6.45) is 5.61. The molecular formula is C10H13S. The molecule has 1 radical (unpaired) electrons. The van der Waals surface area contributed by atoms with Gasteiger partial charge in [0.25, 0.3) is 0 Å². The Morgan fingerprint density at radius 2 is 2.36 bits per heavy atom. The molecule has 2 rings (SSSR count). The molecule has 11 heavy (non-hydrogen) atoms. The summed E-state index contributed by atoms with van der Waals surface area (Å²) >= 11 is 1.77. The maximum absolute atomic E-state index is 4.01. The predicted molar refractivity (Wildman–Crippen MR) is 49.8 cm³/mol. The van der Waals surface area contributed by atoms with Crippen molar-refractivity contribution < 1.29 is 0 Å². The van der Waals surface area contributed by atoms with Crippen molar-refractivity contribution in [2.45, 2.75) is 25.7 Å². The summed E-state index contributed by atoms with van der Waals surface area (Å²) in [5.41, 5.74) is 1.49. The fourth-order valence-corrected chi connectivity index (χ4v) is 2.26. The van der Waals surface area contributed by atoms with Gasteiger partial charge < -0.3 is 0 Å². The molecule has 1 aromatic heterocycles. The Labute approximate surface area is 72.3 Å². The van der Waals surface area contributed by atoms with E-state index in [0.29, 0.717) is 0 Å². The molecule has 1 heterocycles. The Morgan fingerprint density at radius 1 is 1.55 bits per heavy atom. The number of hydrogen-bond acceptors (Lipinski definition) is 1. The van der Waals surface area contributed by atoms with Gasteiger partial charge in [0.2, 0.25) is 0 Å². The molecular weight excluding hydrogens is 152 g/mol. The van der Waals surface area contributed by atoms with Crippen LogP contribution in [0.1, 0.15) is 29.7 Å². The fourth-order valence-electron chi connectivity index (χ4n) is 1.56. The Bertz CT molecular complexity index is 233. The molecule has 59 valence electrons. The van der Waals surface area contributed by atoms with Gasteiger partial charge in [-0.05, 0) is 36.3 Å². The Hall–Kier alpha value is -0.300. The molecule has 1 aliphatic carbocycles. The number of hydrogen-bond donors (Lipinski definition) is 0. The van der Waals surface area contributed by atoms with E-state index in [1.807, 2.05) is 0 Å². The minimum Gasteiger partial charge on any atom is -0.149 e. The zero-order valence-electron chi connectivity index (χ0n) is 6.68. The van der Waals surface area contributed by atoms with Crippen molar-refractivity contribution in [3.63, 3.8) is 0 Å². The summed E-state index contributed by atoms with van der Waals surface area (Å²) < 4.78 is 0. The van der Waals surface area contributed by atoms with E-state index in [2.05, 4.69) is 18.4 Å². The van der Waals surface area contributed by atoms with Gasteiger partial charge >= 0.3 is 0 Å². The second-order valence-corrected chi connectivity index (χ2v) is 4.37. The van der Waals surface area contributed by atoms with Crippen LogP contribution in [0.2, 0.25) is 0 Å². The lowest BCUT2D eigenvalue weighted by Gasteiger charge is -2.25. The highest BCUT2D eigenvalue weighted by Crippen LogP contribution is 2.31. The van der Waals surface area contributed by atoms with E-state index in [1.165, 1.54) is 36.1 Å². The first-order chi connectivity index (χ1) is 5.36. The van der Waals surface area contributed by atoms with Crippen LogP contribution in [0.25, 0.3) is 0 Å². The van der Waals surface area contributed by atoms with Crippen molar-refractivity contribution in [1.82, 2.24) is 0 Å². The van der Waals surface area contributed by atoms with Crippen molar-refractivity contribution >= 4 is 11.3 Å². The van der Waals surface area contributed by atoms with Gasteiger partial charge in [-0.2, -0.15) is 0 Å². The average molecular weight is 165 g/mol. The summed E-state index contributed by atoms with van der Waals surface area (Å²) in [4.78, 5) is 1.27. The van der Waals surface area contributed by atoms with Gasteiger partial charge in [0, 0.05) is 4.88 Å². The molecule has 1 heteroatoms. The lowest BCUT2D eigenvalue weighted by molar-refractivity contribution is 0.314. The quantitative estimate of drug-likeness (QED) is 0.631. The zero-order chi connectivity index (χ0) is 7.68.